The molecule has 3 unspecified atom stereocenters. The zero-order chi connectivity index (χ0) is 16.8. The van der Waals surface area contributed by atoms with Crippen molar-refractivity contribution in [2.45, 2.75) is 25.5 Å². The second-order valence-electron chi connectivity index (χ2n) is 5.80. The van der Waals surface area contributed by atoms with E-state index in [9.17, 15) is 14.7 Å². The molecule has 8 heteroatoms. The third-order valence-electron chi connectivity index (χ3n) is 3.90. The summed E-state index contributed by atoms with van der Waals surface area (Å²) in [5, 5.41) is 19.0. The van der Waals surface area contributed by atoms with Crippen LogP contribution in [0.4, 0.5) is 0 Å². The summed E-state index contributed by atoms with van der Waals surface area (Å²) in [7, 11) is 0. The standard InChI is InChI=1S/C16H22ClN3O3.ClH/c1-10(21)20-14(11-2-4-13(17)5-3-11)6-16(23)19-8-12-7-18-9-15(12)22;/h2-5,12,14-15,18,22H,6-9H2,1H3,(H,19,23)(H,20,21);1H. The van der Waals surface area contributed by atoms with E-state index in [2.05, 4.69) is 16.0 Å². The molecule has 1 aliphatic heterocycles. The van der Waals surface area contributed by atoms with E-state index in [-0.39, 0.29) is 36.6 Å². The molecular weight excluding hydrogens is 353 g/mol. The van der Waals surface area contributed by atoms with Gasteiger partial charge in [0.15, 0.2) is 0 Å². The SMILES string of the molecule is CC(=O)NC(CC(=O)NCC1CNCC1O)c1ccc(Cl)cc1.Cl. The molecule has 6 nitrogen and oxygen atoms in total. The average Bonchev–Trinajstić information content (AvgIpc) is 2.90. The Bertz CT molecular complexity index is 554. The fourth-order valence-electron chi connectivity index (χ4n) is 2.62. The number of amides is 2. The molecule has 1 aromatic rings. The number of aliphatic hydroxyl groups excluding tert-OH is 1. The Hall–Kier alpha value is -1.34. The molecule has 0 radical (unpaired) electrons. The van der Waals surface area contributed by atoms with Gasteiger partial charge in [0.25, 0.3) is 0 Å². The summed E-state index contributed by atoms with van der Waals surface area (Å²) in [6.45, 7) is 3.08. The van der Waals surface area contributed by atoms with Crippen LogP contribution in [-0.2, 0) is 9.59 Å². The highest BCUT2D eigenvalue weighted by Gasteiger charge is 2.25. The van der Waals surface area contributed by atoms with Crippen molar-refractivity contribution in [2.24, 2.45) is 5.92 Å². The number of nitrogens with one attached hydrogen (secondary N) is 3. The lowest BCUT2D eigenvalue weighted by Crippen LogP contribution is -2.37. The van der Waals surface area contributed by atoms with Crippen LogP contribution in [0.25, 0.3) is 0 Å². The number of carbonyl (C=O) groups excluding carboxylic acids is 2. The molecule has 0 spiro atoms. The van der Waals surface area contributed by atoms with Gasteiger partial charge in [-0.1, -0.05) is 23.7 Å². The Labute approximate surface area is 152 Å². The van der Waals surface area contributed by atoms with Gasteiger partial charge in [-0.3, -0.25) is 9.59 Å². The molecule has 1 saturated heterocycles. The molecule has 0 aliphatic carbocycles. The van der Waals surface area contributed by atoms with Crippen molar-refractivity contribution in [3.63, 3.8) is 0 Å². The normalized spacial score (nSPS) is 20.8. The fraction of sp³-hybridized carbons (Fsp3) is 0.500. The van der Waals surface area contributed by atoms with Crippen molar-refractivity contribution in [1.29, 1.82) is 0 Å². The summed E-state index contributed by atoms with van der Waals surface area (Å²) in [4.78, 5) is 23.5. The van der Waals surface area contributed by atoms with Crippen molar-refractivity contribution in [1.82, 2.24) is 16.0 Å². The first-order valence-electron chi connectivity index (χ1n) is 7.63. The van der Waals surface area contributed by atoms with Gasteiger partial charge in [-0.05, 0) is 17.7 Å². The van der Waals surface area contributed by atoms with E-state index in [4.69, 9.17) is 11.6 Å². The molecule has 1 aliphatic rings. The number of rotatable bonds is 6. The summed E-state index contributed by atoms with van der Waals surface area (Å²) >= 11 is 5.87. The van der Waals surface area contributed by atoms with Gasteiger partial charge < -0.3 is 21.1 Å². The molecule has 1 aromatic carbocycles. The highest BCUT2D eigenvalue weighted by Crippen LogP contribution is 2.19. The number of aliphatic hydroxyl groups is 1. The predicted octanol–water partition coefficient (Wildman–Crippen LogP) is 1.03. The van der Waals surface area contributed by atoms with Crippen molar-refractivity contribution in [3.05, 3.63) is 34.9 Å². The summed E-state index contributed by atoms with van der Waals surface area (Å²) in [6.07, 6.45) is -0.296. The molecule has 1 fully saturated rings. The van der Waals surface area contributed by atoms with Crippen LogP contribution in [0.2, 0.25) is 5.02 Å². The topological polar surface area (TPSA) is 90.5 Å². The van der Waals surface area contributed by atoms with Crippen LogP contribution in [-0.4, -0.2) is 42.7 Å². The molecule has 1 heterocycles. The number of carbonyl (C=O) groups is 2. The van der Waals surface area contributed by atoms with Crippen LogP contribution >= 0.6 is 24.0 Å². The van der Waals surface area contributed by atoms with Gasteiger partial charge in [-0.15, -0.1) is 12.4 Å². The highest BCUT2D eigenvalue weighted by atomic mass is 35.5. The Morgan fingerprint density at radius 2 is 2.00 bits per heavy atom. The van der Waals surface area contributed by atoms with E-state index in [1.54, 1.807) is 24.3 Å². The lowest BCUT2D eigenvalue weighted by Gasteiger charge is -2.19. The second kappa shape index (κ2) is 9.84. The first-order valence-corrected chi connectivity index (χ1v) is 8.01. The summed E-state index contributed by atoms with van der Waals surface area (Å²) in [5.41, 5.74) is 0.822. The summed E-state index contributed by atoms with van der Waals surface area (Å²) in [6, 6.07) is 6.63. The third-order valence-corrected chi connectivity index (χ3v) is 4.16. The van der Waals surface area contributed by atoms with Crippen LogP contribution < -0.4 is 16.0 Å². The molecule has 3 atom stereocenters. The fourth-order valence-corrected chi connectivity index (χ4v) is 2.75. The largest absolute Gasteiger partial charge is 0.391 e. The van der Waals surface area contributed by atoms with E-state index in [0.717, 1.165) is 5.56 Å². The van der Waals surface area contributed by atoms with Crippen molar-refractivity contribution in [3.8, 4) is 0 Å². The van der Waals surface area contributed by atoms with Crippen LogP contribution in [0.5, 0.6) is 0 Å². The predicted molar refractivity (Wildman–Crippen MR) is 95.3 cm³/mol. The molecule has 134 valence electrons. The third kappa shape index (κ3) is 6.28. The van der Waals surface area contributed by atoms with Gasteiger partial charge in [-0.2, -0.15) is 0 Å². The van der Waals surface area contributed by atoms with E-state index < -0.39 is 12.1 Å². The number of hydrogen-bond donors (Lipinski definition) is 4. The van der Waals surface area contributed by atoms with Crippen molar-refractivity contribution in [2.75, 3.05) is 19.6 Å². The molecule has 4 N–H and O–H groups in total. The van der Waals surface area contributed by atoms with Gasteiger partial charge in [0.05, 0.1) is 18.6 Å². The quantitative estimate of drug-likeness (QED) is 0.597. The summed E-state index contributed by atoms with van der Waals surface area (Å²) < 4.78 is 0. The molecule has 0 saturated carbocycles. The molecule has 2 rings (SSSR count). The van der Waals surface area contributed by atoms with Crippen LogP contribution in [0.3, 0.4) is 0 Å². The highest BCUT2D eigenvalue weighted by molar-refractivity contribution is 6.30. The van der Waals surface area contributed by atoms with Crippen molar-refractivity contribution < 1.29 is 14.7 Å². The van der Waals surface area contributed by atoms with Gasteiger partial charge in [0.1, 0.15) is 0 Å². The maximum Gasteiger partial charge on any atom is 0.222 e. The zero-order valence-corrected chi connectivity index (χ0v) is 15.0. The minimum atomic E-state index is -0.433. The van der Waals surface area contributed by atoms with Gasteiger partial charge in [0, 0.05) is 37.5 Å². The van der Waals surface area contributed by atoms with E-state index in [1.165, 1.54) is 6.92 Å². The number of benzene rings is 1. The van der Waals surface area contributed by atoms with E-state index in [0.29, 0.717) is 24.7 Å². The zero-order valence-electron chi connectivity index (χ0n) is 13.4. The number of hydrogen-bond acceptors (Lipinski definition) is 4. The lowest BCUT2D eigenvalue weighted by atomic mass is 10.0. The Morgan fingerprint density at radius 1 is 1.33 bits per heavy atom. The van der Waals surface area contributed by atoms with Crippen LogP contribution in [0.15, 0.2) is 24.3 Å². The van der Waals surface area contributed by atoms with E-state index >= 15 is 0 Å². The number of halogens is 2. The monoisotopic (exact) mass is 375 g/mol. The minimum Gasteiger partial charge on any atom is -0.391 e. The Balaban J connectivity index is 0.00000288. The first-order chi connectivity index (χ1) is 11.0. The molecule has 2 amide bonds. The molecule has 0 aromatic heterocycles. The Kier molecular flexibility index (Phi) is 8.48. The van der Waals surface area contributed by atoms with Gasteiger partial charge >= 0.3 is 0 Å². The summed E-state index contributed by atoms with van der Waals surface area (Å²) in [5.74, 6) is -0.348. The van der Waals surface area contributed by atoms with Gasteiger partial charge in [-0.25, -0.2) is 0 Å². The molecule has 0 bridgehead atoms. The average molecular weight is 376 g/mol. The lowest BCUT2D eigenvalue weighted by molar-refractivity contribution is -0.123. The first kappa shape index (κ1) is 20.7. The molecule has 24 heavy (non-hydrogen) atoms. The second-order valence-corrected chi connectivity index (χ2v) is 6.23. The van der Waals surface area contributed by atoms with Crippen LogP contribution in [0.1, 0.15) is 24.9 Å². The smallest absolute Gasteiger partial charge is 0.222 e. The molecular formula is C16H23Cl2N3O3. The van der Waals surface area contributed by atoms with Crippen molar-refractivity contribution >= 4 is 35.8 Å². The number of β-amino-alcohol motifs (C(OH)–C–C–N with tert-alkyl or cyclic N) is 1. The minimum absolute atomic E-state index is 0. The maximum atomic E-state index is 12.1. The van der Waals surface area contributed by atoms with Gasteiger partial charge in [0.2, 0.25) is 11.8 Å². The maximum absolute atomic E-state index is 12.1. The Morgan fingerprint density at radius 3 is 2.54 bits per heavy atom. The van der Waals surface area contributed by atoms with Crippen LogP contribution in [0, 0.1) is 5.92 Å². The van der Waals surface area contributed by atoms with E-state index in [1.807, 2.05) is 0 Å².